The third-order valence-corrected chi connectivity index (χ3v) is 2.84. The molecule has 1 saturated carbocycles. The van der Waals surface area contributed by atoms with Crippen LogP contribution in [0.1, 0.15) is 66.7 Å². The zero-order chi connectivity index (χ0) is 16.7. The Labute approximate surface area is 184 Å². The first kappa shape index (κ1) is 28.2. The predicted molar refractivity (Wildman–Crippen MR) is 90.9 cm³/mol. The molecular formula is C16H34KNO3S. The summed E-state index contributed by atoms with van der Waals surface area (Å²) in [6.45, 7) is 10.9. The van der Waals surface area contributed by atoms with Gasteiger partial charge in [0.15, 0.2) is 0 Å². The Balaban J connectivity index is -0.000000447. The molecule has 0 saturated heterocycles. The number of hydrogen-bond donors (Lipinski definition) is 1. The molecule has 22 heavy (non-hydrogen) atoms. The van der Waals surface area contributed by atoms with Crippen molar-refractivity contribution < 1.29 is 65.5 Å². The number of esters is 1. The van der Waals surface area contributed by atoms with Crippen LogP contribution in [0.15, 0.2) is 0 Å². The molecule has 0 aromatic rings. The molecule has 1 aliphatic rings. The summed E-state index contributed by atoms with van der Waals surface area (Å²) < 4.78 is 14.3. The van der Waals surface area contributed by atoms with Crippen molar-refractivity contribution in [2.75, 3.05) is 12.8 Å². The Bertz CT molecular complexity index is 241. The van der Waals surface area contributed by atoms with E-state index in [0.717, 1.165) is 12.8 Å². The van der Waals surface area contributed by atoms with Crippen molar-refractivity contribution in [2.24, 2.45) is 5.92 Å². The molecule has 0 aromatic carbocycles. The number of rotatable bonds is 4. The second kappa shape index (κ2) is 20.4. The van der Waals surface area contributed by atoms with Crippen LogP contribution in [0.5, 0.6) is 0 Å². The molecule has 4 nitrogen and oxygen atoms in total. The van der Waals surface area contributed by atoms with Crippen LogP contribution in [-0.4, -0.2) is 35.5 Å². The van der Waals surface area contributed by atoms with Crippen LogP contribution >= 0.6 is 12.0 Å². The fraction of sp³-hybridized carbons (Fsp3) is 0.938. The van der Waals surface area contributed by atoms with E-state index in [1.54, 1.807) is 0 Å². The van der Waals surface area contributed by atoms with Gasteiger partial charge in [0, 0.05) is 6.04 Å². The van der Waals surface area contributed by atoms with Crippen LogP contribution < -0.4 is 56.7 Å². The van der Waals surface area contributed by atoms with Gasteiger partial charge in [0.1, 0.15) is 6.10 Å². The standard InChI is InChI=1S/C12H23NO2.C3H8.CH4OS.K/c1-9(2)13-8-12(14)15-11-6-4-5-10(3)7-11;2*1-3-2;/h9-11,13H,4-8H2,1-3H3;3H2,1-2H3;2H,1H3;/q;;;+1/p-1. The normalized spacial score (nSPS) is 19.8. The maximum atomic E-state index is 11.4. The van der Waals surface area contributed by atoms with E-state index >= 15 is 0 Å². The molecular weight excluding hydrogens is 325 g/mol. The van der Waals surface area contributed by atoms with Gasteiger partial charge in [0.25, 0.3) is 0 Å². The first-order valence-corrected chi connectivity index (χ1v) is 9.14. The minimum absolute atomic E-state index is 0. The smallest absolute Gasteiger partial charge is 0.799 e. The van der Waals surface area contributed by atoms with E-state index in [9.17, 15) is 4.79 Å². The molecule has 1 rings (SSSR count). The van der Waals surface area contributed by atoms with Gasteiger partial charge < -0.3 is 14.6 Å². The maximum Gasteiger partial charge on any atom is 1.00 e. The third kappa shape index (κ3) is 21.4. The van der Waals surface area contributed by atoms with Crippen molar-refractivity contribution >= 4 is 18.0 Å². The first-order chi connectivity index (χ1) is 9.90. The molecule has 1 N–H and O–H groups in total. The van der Waals surface area contributed by atoms with Crippen molar-refractivity contribution in [1.82, 2.24) is 5.32 Å². The van der Waals surface area contributed by atoms with Crippen LogP contribution in [-0.2, 0) is 9.53 Å². The van der Waals surface area contributed by atoms with Crippen molar-refractivity contribution in [3.63, 3.8) is 0 Å². The van der Waals surface area contributed by atoms with E-state index in [4.69, 9.17) is 9.29 Å². The summed E-state index contributed by atoms with van der Waals surface area (Å²) in [6, 6.07) is 0.336. The molecule has 0 aliphatic heterocycles. The largest absolute Gasteiger partial charge is 1.00 e. The number of nitrogens with one attached hydrogen (secondary N) is 1. The van der Waals surface area contributed by atoms with E-state index in [-0.39, 0.29) is 63.5 Å². The number of carbonyl (C=O) groups excluding carboxylic acids is 1. The van der Waals surface area contributed by atoms with E-state index in [1.807, 2.05) is 13.8 Å². The van der Waals surface area contributed by atoms with Gasteiger partial charge in [-0.1, -0.05) is 47.5 Å². The van der Waals surface area contributed by atoms with Gasteiger partial charge in [-0.3, -0.25) is 16.8 Å². The molecule has 0 heterocycles. The summed E-state index contributed by atoms with van der Waals surface area (Å²) in [5.41, 5.74) is 0. The fourth-order valence-electron chi connectivity index (χ4n) is 2.00. The Morgan fingerprint density at radius 2 is 1.86 bits per heavy atom. The summed E-state index contributed by atoms with van der Waals surface area (Å²) in [4.78, 5) is 11.4. The van der Waals surface area contributed by atoms with Crippen molar-refractivity contribution in [2.45, 2.75) is 78.9 Å². The molecule has 6 heteroatoms. The summed E-state index contributed by atoms with van der Waals surface area (Å²) in [7, 11) is 0. The summed E-state index contributed by atoms with van der Waals surface area (Å²) in [6.07, 6.45) is 7.44. The van der Waals surface area contributed by atoms with Gasteiger partial charge in [0.2, 0.25) is 0 Å². The quantitative estimate of drug-likeness (QED) is 0.461. The van der Waals surface area contributed by atoms with Gasteiger partial charge in [-0.2, -0.15) is 0 Å². The summed E-state index contributed by atoms with van der Waals surface area (Å²) in [5.74, 6) is 0.595. The van der Waals surface area contributed by atoms with Crippen LogP contribution in [0.25, 0.3) is 0 Å². The monoisotopic (exact) mass is 359 g/mol. The summed E-state index contributed by atoms with van der Waals surface area (Å²) >= 11 is 0.500. The number of ether oxygens (including phenoxy) is 1. The SMILES string of the molecule is CC1CCCC(OC(=O)CNC(C)C)C1.CCC.CS[O-].[K+]. The Morgan fingerprint density at radius 1 is 1.36 bits per heavy atom. The topological polar surface area (TPSA) is 61.4 Å². The zero-order valence-electron chi connectivity index (χ0n) is 15.6. The zero-order valence-corrected chi connectivity index (χ0v) is 19.5. The second-order valence-corrected chi connectivity index (χ2v) is 6.13. The number of hydrogen-bond acceptors (Lipinski definition) is 5. The van der Waals surface area contributed by atoms with Gasteiger partial charge in [-0.25, -0.2) is 0 Å². The van der Waals surface area contributed by atoms with E-state index in [0.29, 0.717) is 30.5 Å². The molecule has 0 amide bonds. The van der Waals surface area contributed by atoms with Crippen LogP contribution in [0.4, 0.5) is 0 Å². The first-order valence-electron chi connectivity index (χ1n) is 7.99. The Hall–Kier alpha value is 1.38. The van der Waals surface area contributed by atoms with E-state index in [2.05, 4.69) is 26.1 Å². The molecule has 0 spiro atoms. The number of carbonyl (C=O) groups is 1. The van der Waals surface area contributed by atoms with E-state index in [1.165, 1.54) is 25.5 Å². The van der Waals surface area contributed by atoms with E-state index < -0.39 is 0 Å². The van der Waals surface area contributed by atoms with Gasteiger partial charge in [-0.15, -0.1) is 0 Å². The molecule has 0 radical (unpaired) electrons. The van der Waals surface area contributed by atoms with Crippen LogP contribution in [0.2, 0.25) is 0 Å². The Kier molecular flexibility index (Phi) is 26.2. The minimum Gasteiger partial charge on any atom is -0.799 e. The predicted octanol–water partition coefficient (Wildman–Crippen LogP) is 1.01. The van der Waals surface area contributed by atoms with Crippen molar-refractivity contribution in [3.05, 3.63) is 0 Å². The molecule has 2 unspecified atom stereocenters. The average molecular weight is 360 g/mol. The molecule has 2 atom stereocenters. The van der Waals surface area contributed by atoms with Gasteiger partial charge >= 0.3 is 57.4 Å². The van der Waals surface area contributed by atoms with Gasteiger partial charge in [-0.05, 0) is 31.4 Å². The molecule has 0 bridgehead atoms. The van der Waals surface area contributed by atoms with Crippen molar-refractivity contribution in [3.8, 4) is 0 Å². The molecule has 1 fully saturated rings. The molecule has 128 valence electrons. The summed E-state index contributed by atoms with van der Waals surface area (Å²) in [5, 5.41) is 3.07. The van der Waals surface area contributed by atoms with Gasteiger partial charge in [0.05, 0.1) is 6.54 Å². The van der Waals surface area contributed by atoms with Crippen molar-refractivity contribution in [1.29, 1.82) is 0 Å². The molecule has 1 aliphatic carbocycles. The molecule has 0 aromatic heterocycles. The Morgan fingerprint density at radius 3 is 2.27 bits per heavy atom. The maximum absolute atomic E-state index is 11.4. The average Bonchev–Trinajstić information content (AvgIpc) is 2.38. The van der Waals surface area contributed by atoms with Crippen LogP contribution in [0, 0.1) is 5.92 Å². The fourth-order valence-corrected chi connectivity index (χ4v) is 2.00. The second-order valence-electron chi connectivity index (χ2n) is 5.79. The third-order valence-electron chi connectivity index (χ3n) is 2.84. The minimum atomic E-state index is -0.109. The van der Waals surface area contributed by atoms with Crippen LogP contribution in [0.3, 0.4) is 0 Å².